The molecule has 3 nitrogen and oxygen atoms in total. The van der Waals surface area contributed by atoms with Crippen LogP contribution in [0.15, 0.2) is 10.5 Å². The number of aryl methyl sites for hydroxylation is 1. The first-order valence-electron chi connectivity index (χ1n) is 4.94. The molecule has 0 aliphatic rings. The molecule has 0 aliphatic carbocycles. The number of ether oxygens (including phenoxy) is 1. The van der Waals surface area contributed by atoms with E-state index in [4.69, 9.17) is 9.15 Å². The van der Waals surface area contributed by atoms with Crippen molar-refractivity contribution >= 4 is 0 Å². The van der Waals surface area contributed by atoms with Gasteiger partial charge in [-0.1, -0.05) is 13.8 Å². The van der Waals surface area contributed by atoms with Crippen LogP contribution < -0.4 is 5.32 Å². The SMILES string of the molecule is COCc1cc(CNC(C)C)c(C)o1. The largest absolute Gasteiger partial charge is 0.464 e. The van der Waals surface area contributed by atoms with E-state index in [0.29, 0.717) is 12.6 Å². The van der Waals surface area contributed by atoms with Crippen LogP contribution in [0.1, 0.15) is 30.9 Å². The number of rotatable bonds is 5. The molecular weight excluding hydrogens is 178 g/mol. The van der Waals surface area contributed by atoms with Gasteiger partial charge in [-0.3, -0.25) is 0 Å². The number of hydrogen-bond donors (Lipinski definition) is 1. The third-order valence-corrected chi connectivity index (χ3v) is 2.06. The summed E-state index contributed by atoms with van der Waals surface area (Å²) in [5.41, 5.74) is 1.21. The summed E-state index contributed by atoms with van der Waals surface area (Å²) in [7, 11) is 1.67. The standard InChI is InChI=1S/C11H19NO2/c1-8(2)12-6-10-5-11(7-13-4)14-9(10)3/h5,8,12H,6-7H2,1-4H3. The minimum atomic E-state index is 0.496. The fourth-order valence-electron chi connectivity index (χ4n) is 1.29. The molecule has 1 aromatic heterocycles. The fourth-order valence-corrected chi connectivity index (χ4v) is 1.29. The molecule has 0 aromatic carbocycles. The van der Waals surface area contributed by atoms with E-state index in [-0.39, 0.29) is 0 Å². The van der Waals surface area contributed by atoms with Crippen molar-refractivity contribution in [2.45, 2.75) is 40.0 Å². The van der Waals surface area contributed by atoms with Crippen LogP contribution in [-0.2, 0) is 17.9 Å². The first-order valence-corrected chi connectivity index (χ1v) is 4.94. The Morgan fingerprint density at radius 1 is 1.50 bits per heavy atom. The van der Waals surface area contributed by atoms with E-state index in [9.17, 15) is 0 Å². The van der Waals surface area contributed by atoms with Crippen LogP contribution in [-0.4, -0.2) is 13.2 Å². The Morgan fingerprint density at radius 3 is 2.79 bits per heavy atom. The van der Waals surface area contributed by atoms with Gasteiger partial charge < -0.3 is 14.5 Å². The molecule has 0 radical (unpaired) electrons. The Bertz CT molecular complexity index is 279. The topological polar surface area (TPSA) is 34.4 Å². The molecule has 80 valence electrons. The van der Waals surface area contributed by atoms with Crippen molar-refractivity contribution < 1.29 is 9.15 Å². The van der Waals surface area contributed by atoms with Crippen molar-refractivity contribution in [1.29, 1.82) is 0 Å². The van der Waals surface area contributed by atoms with Crippen molar-refractivity contribution in [3.63, 3.8) is 0 Å². The monoisotopic (exact) mass is 197 g/mol. The minimum absolute atomic E-state index is 0.496. The van der Waals surface area contributed by atoms with Gasteiger partial charge in [-0.15, -0.1) is 0 Å². The second-order valence-corrected chi connectivity index (χ2v) is 3.76. The van der Waals surface area contributed by atoms with Crippen LogP contribution in [0.5, 0.6) is 0 Å². The number of methoxy groups -OCH3 is 1. The molecule has 0 saturated carbocycles. The summed E-state index contributed by atoms with van der Waals surface area (Å²) in [6, 6.07) is 2.55. The van der Waals surface area contributed by atoms with E-state index < -0.39 is 0 Å². The highest BCUT2D eigenvalue weighted by Gasteiger charge is 2.06. The Hall–Kier alpha value is -0.800. The second kappa shape index (κ2) is 5.17. The van der Waals surface area contributed by atoms with E-state index in [0.717, 1.165) is 18.1 Å². The van der Waals surface area contributed by atoms with Crippen molar-refractivity contribution in [3.05, 3.63) is 23.2 Å². The summed E-state index contributed by atoms with van der Waals surface area (Å²) < 4.78 is 10.5. The van der Waals surface area contributed by atoms with Crippen LogP contribution in [0.2, 0.25) is 0 Å². The average molecular weight is 197 g/mol. The summed E-state index contributed by atoms with van der Waals surface area (Å²) in [5, 5.41) is 3.36. The van der Waals surface area contributed by atoms with Crippen molar-refractivity contribution in [2.75, 3.05) is 7.11 Å². The van der Waals surface area contributed by atoms with E-state index in [1.807, 2.05) is 13.0 Å². The molecule has 14 heavy (non-hydrogen) atoms. The summed E-state index contributed by atoms with van der Waals surface area (Å²) in [6.45, 7) is 7.65. The third-order valence-electron chi connectivity index (χ3n) is 2.06. The van der Waals surface area contributed by atoms with Crippen LogP contribution in [0.3, 0.4) is 0 Å². The molecule has 3 heteroatoms. The van der Waals surface area contributed by atoms with Gasteiger partial charge in [0.05, 0.1) is 0 Å². The maximum absolute atomic E-state index is 5.52. The highest BCUT2D eigenvalue weighted by molar-refractivity contribution is 5.20. The quantitative estimate of drug-likeness (QED) is 0.786. The first kappa shape index (κ1) is 11.3. The average Bonchev–Trinajstić information content (AvgIpc) is 2.44. The van der Waals surface area contributed by atoms with Crippen LogP contribution in [0.25, 0.3) is 0 Å². The zero-order valence-electron chi connectivity index (χ0n) is 9.39. The van der Waals surface area contributed by atoms with Crippen LogP contribution in [0, 0.1) is 6.92 Å². The molecule has 0 unspecified atom stereocenters. The van der Waals surface area contributed by atoms with E-state index >= 15 is 0 Å². The van der Waals surface area contributed by atoms with Gasteiger partial charge in [0, 0.05) is 25.3 Å². The van der Waals surface area contributed by atoms with Crippen LogP contribution in [0.4, 0.5) is 0 Å². The lowest BCUT2D eigenvalue weighted by atomic mass is 10.2. The van der Waals surface area contributed by atoms with Gasteiger partial charge in [0.15, 0.2) is 0 Å². The highest BCUT2D eigenvalue weighted by atomic mass is 16.5. The summed E-state index contributed by atoms with van der Waals surface area (Å²) in [4.78, 5) is 0. The van der Waals surface area contributed by atoms with Gasteiger partial charge in [0.1, 0.15) is 18.1 Å². The fraction of sp³-hybridized carbons (Fsp3) is 0.636. The van der Waals surface area contributed by atoms with Crippen molar-refractivity contribution in [2.24, 2.45) is 0 Å². The van der Waals surface area contributed by atoms with Gasteiger partial charge in [0.25, 0.3) is 0 Å². The van der Waals surface area contributed by atoms with Gasteiger partial charge in [-0.25, -0.2) is 0 Å². The molecule has 0 bridgehead atoms. The Kier molecular flexibility index (Phi) is 4.17. The molecular formula is C11H19NO2. The number of hydrogen-bond acceptors (Lipinski definition) is 3. The molecule has 1 rings (SSSR count). The Morgan fingerprint density at radius 2 is 2.21 bits per heavy atom. The van der Waals surface area contributed by atoms with Crippen LogP contribution >= 0.6 is 0 Å². The molecule has 0 amide bonds. The van der Waals surface area contributed by atoms with Gasteiger partial charge in [-0.05, 0) is 13.0 Å². The maximum atomic E-state index is 5.52. The van der Waals surface area contributed by atoms with Crippen molar-refractivity contribution in [1.82, 2.24) is 5.32 Å². The molecule has 0 spiro atoms. The number of nitrogens with one attached hydrogen (secondary N) is 1. The lowest BCUT2D eigenvalue weighted by Gasteiger charge is -2.05. The second-order valence-electron chi connectivity index (χ2n) is 3.76. The smallest absolute Gasteiger partial charge is 0.130 e. The molecule has 0 atom stereocenters. The summed E-state index contributed by atoms with van der Waals surface area (Å²) in [5.74, 6) is 1.87. The predicted molar refractivity (Wildman–Crippen MR) is 56.1 cm³/mol. The first-order chi connectivity index (χ1) is 6.63. The van der Waals surface area contributed by atoms with E-state index in [1.165, 1.54) is 5.56 Å². The lowest BCUT2D eigenvalue weighted by Crippen LogP contribution is -2.21. The Labute approximate surface area is 85.4 Å². The molecule has 0 fully saturated rings. The van der Waals surface area contributed by atoms with E-state index in [1.54, 1.807) is 7.11 Å². The lowest BCUT2D eigenvalue weighted by molar-refractivity contribution is 0.163. The van der Waals surface area contributed by atoms with Gasteiger partial charge in [0.2, 0.25) is 0 Å². The predicted octanol–water partition coefficient (Wildman–Crippen LogP) is 2.23. The van der Waals surface area contributed by atoms with Crippen molar-refractivity contribution in [3.8, 4) is 0 Å². The highest BCUT2D eigenvalue weighted by Crippen LogP contribution is 2.15. The van der Waals surface area contributed by atoms with Gasteiger partial charge in [-0.2, -0.15) is 0 Å². The Balaban J connectivity index is 2.58. The normalized spacial score (nSPS) is 11.2. The molecule has 1 aromatic rings. The van der Waals surface area contributed by atoms with E-state index in [2.05, 4.69) is 19.2 Å². The summed E-state index contributed by atoms with van der Waals surface area (Å²) >= 11 is 0. The maximum Gasteiger partial charge on any atom is 0.130 e. The zero-order chi connectivity index (χ0) is 10.6. The molecule has 0 saturated heterocycles. The minimum Gasteiger partial charge on any atom is -0.464 e. The molecule has 0 aliphatic heterocycles. The van der Waals surface area contributed by atoms with Gasteiger partial charge >= 0.3 is 0 Å². The molecule has 1 heterocycles. The number of furan rings is 1. The molecule has 1 N–H and O–H groups in total. The third kappa shape index (κ3) is 3.16. The summed E-state index contributed by atoms with van der Waals surface area (Å²) in [6.07, 6.45) is 0. The zero-order valence-corrected chi connectivity index (χ0v) is 9.39.